The third kappa shape index (κ3) is 6.79. The van der Waals surface area contributed by atoms with Crippen LogP contribution < -0.4 is 0 Å². The quantitative estimate of drug-likeness (QED) is 0.429. The number of rotatable bonds is 8. The minimum absolute atomic E-state index is 0.768. The van der Waals surface area contributed by atoms with E-state index in [0.717, 1.165) is 32.3 Å². The van der Waals surface area contributed by atoms with Gasteiger partial charge >= 0.3 is 9.28 Å². The summed E-state index contributed by atoms with van der Waals surface area (Å²) in [6.45, 7) is 6.36. The first-order valence-corrected chi connectivity index (χ1v) is 6.33. The van der Waals surface area contributed by atoms with Crippen LogP contribution in [0.1, 0.15) is 20.3 Å². The second-order valence-electron chi connectivity index (χ2n) is 2.48. The fourth-order valence-electron chi connectivity index (χ4n) is 0.981. The van der Waals surface area contributed by atoms with Crippen LogP contribution in [0.25, 0.3) is 0 Å². The van der Waals surface area contributed by atoms with Gasteiger partial charge in [0.25, 0.3) is 0 Å². The first-order valence-electron chi connectivity index (χ1n) is 4.57. The molecule has 3 nitrogen and oxygen atoms in total. The van der Waals surface area contributed by atoms with Gasteiger partial charge in [0.15, 0.2) is 0 Å². The summed E-state index contributed by atoms with van der Waals surface area (Å²) < 4.78 is 15.9. The van der Waals surface area contributed by atoms with Gasteiger partial charge in [-0.2, -0.15) is 0 Å². The van der Waals surface area contributed by atoms with E-state index >= 15 is 0 Å². The largest absolute Gasteiger partial charge is 0.397 e. The molecule has 0 amide bonds. The molecule has 0 spiro atoms. The van der Waals surface area contributed by atoms with E-state index in [2.05, 4.69) is 0 Å². The maximum absolute atomic E-state index is 5.49. The monoisotopic (exact) mass is 192 g/mol. The van der Waals surface area contributed by atoms with Crippen molar-refractivity contribution in [3.05, 3.63) is 0 Å². The number of methoxy groups -OCH3 is 1. The molecule has 0 aromatic heterocycles. The highest BCUT2D eigenvalue weighted by atomic mass is 28.3. The minimum atomic E-state index is -1.35. The van der Waals surface area contributed by atoms with Crippen molar-refractivity contribution in [1.82, 2.24) is 0 Å². The van der Waals surface area contributed by atoms with Crippen molar-refractivity contribution in [3.63, 3.8) is 0 Å². The molecular weight excluding hydrogens is 172 g/mol. The third-order valence-corrected chi connectivity index (χ3v) is 3.78. The molecule has 0 radical (unpaired) electrons. The SMILES string of the molecule is CCO[SiH](CCCOC)OCC. The van der Waals surface area contributed by atoms with Crippen molar-refractivity contribution in [1.29, 1.82) is 0 Å². The van der Waals surface area contributed by atoms with E-state index in [1.165, 1.54) is 0 Å². The molecule has 0 aliphatic carbocycles. The fraction of sp³-hybridized carbons (Fsp3) is 1.00. The van der Waals surface area contributed by atoms with Crippen molar-refractivity contribution in [2.45, 2.75) is 26.3 Å². The summed E-state index contributed by atoms with van der Waals surface area (Å²) in [5, 5.41) is 0. The van der Waals surface area contributed by atoms with Gasteiger partial charge < -0.3 is 13.6 Å². The average molecular weight is 192 g/mol. The van der Waals surface area contributed by atoms with Crippen LogP contribution in [0.15, 0.2) is 0 Å². The number of hydrogen-bond donors (Lipinski definition) is 0. The van der Waals surface area contributed by atoms with E-state index in [1.807, 2.05) is 13.8 Å². The molecule has 0 saturated carbocycles. The third-order valence-electron chi connectivity index (χ3n) is 1.49. The maximum Gasteiger partial charge on any atom is 0.321 e. The van der Waals surface area contributed by atoms with Crippen LogP contribution in [0.5, 0.6) is 0 Å². The van der Waals surface area contributed by atoms with Gasteiger partial charge in [-0.15, -0.1) is 0 Å². The summed E-state index contributed by atoms with van der Waals surface area (Å²) in [4.78, 5) is 0. The first-order chi connectivity index (χ1) is 5.85. The molecule has 0 fully saturated rings. The summed E-state index contributed by atoms with van der Waals surface area (Å²) in [7, 11) is 0.375. The summed E-state index contributed by atoms with van der Waals surface area (Å²) in [6, 6.07) is 1.05. The lowest BCUT2D eigenvalue weighted by molar-refractivity contribution is 0.185. The normalized spacial score (nSPS) is 11.0. The zero-order valence-electron chi connectivity index (χ0n) is 8.34. The number of ether oxygens (including phenoxy) is 1. The van der Waals surface area contributed by atoms with Crippen LogP contribution in [-0.2, 0) is 13.6 Å². The lowest BCUT2D eigenvalue weighted by Crippen LogP contribution is -2.23. The second-order valence-corrected chi connectivity index (χ2v) is 4.58. The van der Waals surface area contributed by atoms with Crippen LogP contribution in [0, 0.1) is 0 Å². The fourth-order valence-corrected chi connectivity index (χ4v) is 2.65. The molecule has 74 valence electrons. The molecule has 0 aliphatic rings. The zero-order chi connectivity index (χ0) is 9.23. The van der Waals surface area contributed by atoms with Gasteiger partial charge in [-0.05, 0) is 26.3 Å². The highest BCUT2D eigenvalue weighted by Crippen LogP contribution is 2.01. The lowest BCUT2D eigenvalue weighted by atomic mass is 10.5. The molecule has 0 atom stereocenters. The van der Waals surface area contributed by atoms with Gasteiger partial charge in [-0.25, -0.2) is 0 Å². The van der Waals surface area contributed by atoms with Crippen LogP contribution in [0.3, 0.4) is 0 Å². The van der Waals surface area contributed by atoms with Crippen molar-refractivity contribution >= 4 is 9.28 Å². The molecule has 0 unspecified atom stereocenters. The van der Waals surface area contributed by atoms with Gasteiger partial charge in [-0.1, -0.05) is 0 Å². The van der Waals surface area contributed by atoms with Gasteiger partial charge in [0.05, 0.1) is 0 Å². The predicted molar refractivity (Wildman–Crippen MR) is 51.7 cm³/mol. The lowest BCUT2D eigenvalue weighted by Gasteiger charge is -2.13. The predicted octanol–water partition coefficient (Wildman–Crippen LogP) is 1.32. The van der Waals surface area contributed by atoms with Crippen molar-refractivity contribution in [2.24, 2.45) is 0 Å². The zero-order valence-corrected chi connectivity index (χ0v) is 9.49. The molecule has 0 rings (SSSR count). The highest BCUT2D eigenvalue weighted by molar-refractivity contribution is 6.44. The second kappa shape index (κ2) is 9.19. The van der Waals surface area contributed by atoms with Crippen LogP contribution in [0.4, 0.5) is 0 Å². The summed E-state index contributed by atoms with van der Waals surface area (Å²) >= 11 is 0. The molecule has 0 aromatic carbocycles. The standard InChI is InChI=1S/C8H20O3Si/c1-4-10-12(11-5-2)8-6-7-9-3/h12H,4-8H2,1-3H3. The summed E-state index contributed by atoms with van der Waals surface area (Å²) in [6.07, 6.45) is 1.05. The van der Waals surface area contributed by atoms with Crippen LogP contribution >= 0.6 is 0 Å². The van der Waals surface area contributed by atoms with Crippen LogP contribution in [-0.4, -0.2) is 36.2 Å². The Balaban J connectivity index is 3.34. The van der Waals surface area contributed by atoms with E-state index in [4.69, 9.17) is 13.6 Å². The molecule has 0 saturated heterocycles. The molecule has 0 N–H and O–H groups in total. The molecule has 0 aromatic rings. The molecule has 0 aliphatic heterocycles. The summed E-state index contributed by atoms with van der Waals surface area (Å²) in [5.74, 6) is 0. The maximum atomic E-state index is 5.49. The molecule has 12 heavy (non-hydrogen) atoms. The smallest absolute Gasteiger partial charge is 0.321 e. The van der Waals surface area contributed by atoms with Crippen LogP contribution in [0.2, 0.25) is 6.04 Å². The molecule has 0 bridgehead atoms. The van der Waals surface area contributed by atoms with E-state index in [-0.39, 0.29) is 0 Å². The average Bonchev–Trinajstić information content (AvgIpc) is 2.06. The Morgan fingerprint density at radius 3 is 2.08 bits per heavy atom. The van der Waals surface area contributed by atoms with E-state index in [0.29, 0.717) is 0 Å². The topological polar surface area (TPSA) is 27.7 Å². The Kier molecular flexibility index (Phi) is 9.26. The van der Waals surface area contributed by atoms with Gasteiger partial charge in [0, 0.05) is 26.9 Å². The Bertz CT molecular complexity index is 84.4. The van der Waals surface area contributed by atoms with E-state index < -0.39 is 9.28 Å². The van der Waals surface area contributed by atoms with Gasteiger partial charge in [-0.3, -0.25) is 0 Å². The van der Waals surface area contributed by atoms with Gasteiger partial charge in [0.2, 0.25) is 0 Å². The van der Waals surface area contributed by atoms with Gasteiger partial charge in [0.1, 0.15) is 0 Å². The molecule has 0 heterocycles. The Hall–Kier alpha value is 0.0969. The Labute approximate surface area is 76.9 Å². The van der Waals surface area contributed by atoms with E-state index in [1.54, 1.807) is 7.11 Å². The Morgan fingerprint density at radius 2 is 1.67 bits per heavy atom. The van der Waals surface area contributed by atoms with E-state index in [9.17, 15) is 0 Å². The van der Waals surface area contributed by atoms with Crippen molar-refractivity contribution in [2.75, 3.05) is 26.9 Å². The number of hydrogen-bond acceptors (Lipinski definition) is 3. The molecule has 4 heteroatoms. The highest BCUT2D eigenvalue weighted by Gasteiger charge is 2.10. The summed E-state index contributed by atoms with van der Waals surface area (Å²) in [5.41, 5.74) is 0. The Morgan fingerprint density at radius 1 is 1.08 bits per heavy atom. The van der Waals surface area contributed by atoms with Crippen molar-refractivity contribution < 1.29 is 13.6 Å². The minimum Gasteiger partial charge on any atom is -0.397 e. The first kappa shape index (κ1) is 12.1. The van der Waals surface area contributed by atoms with Crippen molar-refractivity contribution in [3.8, 4) is 0 Å². The molecular formula is C8H20O3Si.